The fourth-order valence-corrected chi connectivity index (χ4v) is 3.70. The first kappa shape index (κ1) is 15.8. The van der Waals surface area contributed by atoms with Gasteiger partial charge in [-0.05, 0) is 43.4 Å². The third kappa shape index (κ3) is 3.73. The van der Waals surface area contributed by atoms with Crippen molar-refractivity contribution in [3.8, 4) is 0 Å². The molecule has 0 bridgehead atoms. The molecule has 0 aliphatic carbocycles. The Kier molecular flexibility index (Phi) is 4.83. The summed E-state index contributed by atoms with van der Waals surface area (Å²) in [6.45, 7) is 7.27. The third-order valence-electron chi connectivity index (χ3n) is 4.09. The summed E-state index contributed by atoms with van der Waals surface area (Å²) in [6, 6.07) is 3.82. The number of hydrogen-bond donors (Lipinski definition) is 1. The first-order valence-electron chi connectivity index (χ1n) is 7.20. The van der Waals surface area contributed by atoms with Gasteiger partial charge in [0.15, 0.2) is 0 Å². The molecule has 3 atom stereocenters. The van der Waals surface area contributed by atoms with Crippen LogP contribution >= 0.6 is 11.3 Å². The van der Waals surface area contributed by atoms with Crippen LogP contribution in [0, 0.1) is 11.8 Å². The molecule has 1 amide bonds. The van der Waals surface area contributed by atoms with E-state index >= 15 is 0 Å². The lowest BCUT2D eigenvalue weighted by molar-refractivity contribution is -0.131. The van der Waals surface area contributed by atoms with Crippen molar-refractivity contribution in [2.45, 2.75) is 33.2 Å². The number of aliphatic carboxylic acids is 1. The predicted octanol–water partition coefficient (Wildman–Crippen LogP) is 3.35. The van der Waals surface area contributed by atoms with E-state index in [0.717, 1.165) is 23.9 Å². The summed E-state index contributed by atoms with van der Waals surface area (Å²) in [4.78, 5) is 26.6. The van der Waals surface area contributed by atoms with Gasteiger partial charge >= 0.3 is 5.97 Å². The molecule has 0 saturated carbocycles. The second-order valence-electron chi connectivity index (χ2n) is 5.89. The van der Waals surface area contributed by atoms with Crippen LogP contribution in [-0.2, 0) is 4.79 Å². The Hall–Kier alpha value is -1.62. The van der Waals surface area contributed by atoms with Crippen LogP contribution in [0.3, 0.4) is 0 Å². The molecule has 1 aliphatic heterocycles. The SMILES string of the molecule is CC1CC(C)C(C)N(C(=O)c2ccc(/C=C/C(=O)O)s2)C1. The Morgan fingerprint density at radius 1 is 1.33 bits per heavy atom. The Morgan fingerprint density at radius 2 is 2.05 bits per heavy atom. The van der Waals surface area contributed by atoms with Crippen LogP contribution in [0.2, 0.25) is 0 Å². The Morgan fingerprint density at radius 3 is 2.71 bits per heavy atom. The number of carbonyl (C=O) groups is 2. The van der Waals surface area contributed by atoms with Crippen molar-refractivity contribution < 1.29 is 14.7 Å². The van der Waals surface area contributed by atoms with E-state index < -0.39 is 5.97 Å². The number of hydrogen-bond acceptors (Lipinski definition) is 3. The van der Waals surface area contributed by atoms with Gasteiger partial charge in [0.25, 0.3) is 5.91 Å². The number of carboxylic acid groups (broad SMARTS) is 1. The summed E-state index contributed by atoms with van der Waals surface area (Å²) < 4.78 is 0. The summed E-state index contributed by atoms with van der Waals surface area (Å²) in [6.07, 6.45) is 3.77. The quantitative estimate of drug-likeness (QED) is 0.871. The summed E-state index contributed by atoms with van der Waals surface area (Å²) in [5, 5.41) is 8.63. The van der Waals surface area contributed by atoms with Crippen LogP contribution in [-0.4, -0.2) is 34.5 Å². The topological polar surface area (TPSA) is 57.6 Å². The van der Waals surface area contributed by atoms with E-state index in [1.54, 1.807) is 12.1 Å². The number of piperidine rings is 1. The molecule has 2 rings (SSSR count). The van der Waals surface area contributed by atoms with Crippen molar-refractivity contribution in [2.24, 2.45) is 11.8 Å². The van der Waals surface area contributed by atoms with Gasteiger partial charge in [0, 0.05) is 23.5 Å². The van der Waals surface area contributed by atoms with Gasteiger partial charge in [0.2, 0.25) is 0 Å². The smallest absolute Gasteiger partial charge is 0.328 e. The lowest BCUT2D eigenvalue weighted by Gasteiger charge is -2.40. The fourth-order valence-electron chi connectivity index (χ4n) is 2.84. The number of thiophene rings is 1. The standard InChI is InChI=1S/C16H21NO3S/c1-10-8-11(2)12(3)17(9-10)16(20)14-6-4-13(21-14)5-7-15(18)19/h4-7,10-12H,8-9H2,1-3H3,(H,18,19)/b7-5+. The fraction of sp³-hybridized carbons (Fsp3) is 0.500. The lowest BCUT2D eigenvalue weighted by atomic mass is 9.86. The number of rotatable bonds is 3. The summed E-state index contributed by atoms with van der Waals surface area (Å²) in [5.74, 6) is 0.0972. The molecule has 0 aromatic carbocycles. The first-order chi connectivity index (χ1) is 9.88. The van der Waals surface area contributed by atoms with Gasteiger partial charge in [0.05, 0.1) is 4.88 Å². The monoisotopic (exact) mass is 307 g/mol. The molecule has 1 saturated heterocycles. The molecule has 1 fully saturated rings. The minimum Gasteiger partial charge on any atom is -0.478 e. The minimum absolute atomic E-state index is 0.0564. The molecule has 2 heterocycles. The van der Waals surface area contributed by atoms with Crippen molar-refractivity contribution >= 4 is 29.3 Å². The number of carbonyl (C=O) groups excluding carboxylic acids is 1. The van der Waals surface area contributed by atoms with E-state index in [-0.39, 0.29) is 11.9 Å². The normalized spacial score (nSPS) is 26.2. The average molecular weight is 307 g/mol. The molecule has 1 N–H and O–H groups in total. The van der Waals surface area contributed by atoms with Gasteiger partial charge in [-0.2, -0.15) is 0 Å². The molecule has 114 valence electrons. The lowest BCUT2D eigenvalue weighted by Crippen LogP contribution is -2.48. The molecular weight excluding hydrogens is 286 g/mol. The number of amides is 1. The van der Waals surface area contributed by atoms with Crippen LogP contribution in [0.5, 0.6) is 0 Å². The molecule has 21 heavy (non-hydrogen) atoms. The molecule has 1 aromatic rings. The maximum Gasteiger partial charge on any atom is 0.328 e. The second kappa shape index (κ2) is 6.43. The summed E-state index contributed by atoms with van der Waals surface area (Å²) in [7, 11) is 0. The number of nitrogens with zero attached hydrogens (tertiary/aromatic N) is 1. The molecule has 3 unspecified atom stereocenters. The minimum atomic E-state index is -0.983. The highest BCUT2D eigenvalue weighted by Crippen LogP contribution is 2.29. The van der Waals surface area contributed by atoms with E-state index in [1.807, 2.05) is 4.90 Å². The largest absolute Gasteiger partial charge is 0.478 e. The highest BCUT2D eigenvalue weighted by Gasteiger charge is 2.32. The van der Waals surface area contributed by atoms with Crippen molar-refractivity contribution in [1.82, 2.24) is 4.90 Å². The summed E-state index contributed by atoms with van der Waals surface area (Å²) >= 11 is 1.34. The van der Waals surface area contributed by atoms with Crippen LogP contribution in [0.4, 0.5) is 0 Å². The Labute approximate surface area is 129 Å². The van der Waals surface area contributed by atoms with E-state index in [9.17, 15) is 9.59 Å². The van der Waals surface area contributed by atoms with Crippen molar-refractivity contribution in [1.29, 1.82) is 0 Å². The van der Waals surface area contributed by atoms with Gasteiger partial charge < -0.3 is 10.0 Å². The third-order valence-corrected chi connectivity index (χ3v) is 5.12. The summed E-state index contributed by atoms with van der Waals surface area (Å²) in [5.41, 5.74) is 0. The molecular formula is C16H21NO3S. The first-order valence-corrected chi connectivity index (χ1v) is 8.02. The highest BCUT2D eigenvalue weighted by atomic mass is 32.1. The molecule has 0 radical (unpaired) electrons. The van der Waals surface area contributed by atoms with E-state index in [0.29, 0.717) is 16.7 Å². The molecule has 4 nitrogen and oxygen atoms in total. The second-order valence-corrected chi connectivity index (χ2v) is 7.01. The maximum absolute atomic E-state index is 12.6. The molecule has 1 aliphatic rings. The van der Waals surface area contributed by atoms with Crippen LogP contribution in [0.25, 0.3) is 6.08 Å². The van der Waals surface area contributed by atoms with Crippen molar-refractivity contribution in [3.63, 3.8) is 0 Å². The maximum atomic E-state index is 12.6. The highest BCUT2D eigenvalue weighted by molar-refractivity contribution is 7.14. The molecule has 1 aromatic heterocycles. The van der Waals surface area contributed by atoms with Crippen molar-refractivity contribution in [2.75, 3.05) is 6.54 Å². The predicted molar refractivity (Wildman–Crippen MR) is 84.4 cm³/mol. The molecule has 5 heteroatoms. The number of carboxylic acids is 1. The molecule has 0 spiro atoms. The zero-order chi connectivity index (χ0) is 15.6. The van der Waals surface area contributed by atoms with E-state index in [4.69, 9.17) is 5.11 Å². The van der Waals surface area contributed by atoms with Crippen LogP contribution in [0.1, 0.15) is 41.7 Å². The van der Waals surface area contributed by atoms with Crippen LogP contribution < -0.4 is 0 Å². The zero-order valence-electron chi connectivity index (χ0n) is 12.6. The van der Waals surface area contributed by atoms with Gasteiger partial charge in [-0.25, -0.2) is 4.79 Å². The zero-order valence-corrected chi connectivity index (χ0v) is 13.4. The van der Waals surface area contributed by atoms with Gasteiger partial charge in [-0.1, -0.05) is 13.8 Å². The van der Waals surface area contributed by atoms with Crippen LogP contribution in [0.15, 0.2) is 18.2 Å². The van der Waals surface area contributed by atoms with Gasteiger partial charge in [-0.3, -0.25) is 4.79 Å². The van der Waals surface area contributed by atoms with Gasteiger partial charge in [-0.15, -0.1) is 11.3 Å². The Balaban J connectivity index is 2.14. The average Bonchev–Trinajstić information content (AvgIpc) is 2.88. The van der Waals surface area contributed by atoms with E-state index in [2.05, 4.69) is 20.8 Å². The van der Waals surface area contributed by atoms with E-state index in [1.165, 1.54) is 17.4 Å². The van der Waals surface area contributed by atoms with Gasteiger partial charge in [0.1, 0.15) is 0 Å². The Bertz CT molecular complexity index is 564. The van der Waals surface area contributed by atoms with Crippen molar-refractivity contribution in [3.05, 3.63) is 28.0 Å². The number of likely N-dealkylation sites (tertiary alicyclic amines) is 1.